The van der Waals surface area contributed by atoms with E-state index >= 15 is 0 Å². The fraction of sp³-hybridized carbons (Fsp3) is 1.00. The lowest BCUT2D eigenvalue weighted by atomic mass is 9.94. The summed E-state index contributed by atoms with van der Waals surface area (Å²) in [6.45, 7) is 10.1. The van der Waals surface area contributed by atoms with Crippen molar-refractivity contribution < 1.29 is 0 Å². The average molecular weight is 268 g/mol. The van der Waals surface area contributed by atoms with Crippen molar-refractivity contribution in [2.24, 2.45) is 5.73 Å². The molecular formula is C15H32N4. The summed E-state index contributed by atoms with van der Waals surface area (Å²) in [5.74, 6) is 0. The minimum Gasteiger partial charge on any atom is -0.329 e. The second-order valence-electron chi connectivity index (χ2n) is 6.78. The molecule has 2 rings (SSSR count). The highest BCUT2D eigenvalue weighted by atomic mass is 15.3. The van der Waals surface area contributed by atoms with Gasteiger partial charge >= 0.3 is 0 Å². The molecule has 4 heteroatoms. The molecule has 2 aliphatic rings. The molecule has 0 spiro atoms. The smallest absolute Gasteiger partial charge is 0.0473 e. The van der Waals surface area contributed by atoms with E-state index in [1.54, 1.807) is 0 Å². The lowest BCUT2D eigenvalue weighted by Gasteiger charge is -2.44. The van der Waals surface area contributed by atoms with Crippen molar-refractivity contribution in [3.05, 3.63) is 0 Å². The highest BCUT2D eigenvalue weighted by Gasteiger charge is 2.46. The van der Waals surface area contributed by atoms with Gasteiger partial charge in [0.1, 0.15) is 0 Å². The molecule has 19 heavy (non-hydrogen) atoms. The van der Waals surface area contributed by atoms with E-state index in [1.165, 1.54) is 32.4 Å². The van der Waals surface area contributed by atoms with Gasteiger partial charge in [-0.1, -0.05) is 6.92 Å². The Kier molecular flexibility index (Phi) is 4.88. The van der Waals surface area contributed by atoms with Gasteiger partial charge in [-0.2, -0.15) is 0 Å². The second-order valence-corrected chi connectivity index (χ2v) is 6.78. The molecule has 112 valence electrons. The van der Waals surface area contributed by atoms with Crippen molar-refractivity contribution >= 4 is 0 Å². The Labute approximate surface area is 118 Å². The summed E-state index contributed by atoms with van der Waals surface area (Å²) in [4.78, 5) is 7.62. The molecule has 1 saturated carbocycles. The predicted octanol–water partition coefficient (Wildman–Crippen LogP) is 0.824. The molecule has 0 aromatic rings. The largest absolute Gasteiger partial charge is 0.329 e. The number of hydrogen-bond acceptors (Lipinski definition) is 4. The van der Waals surface area contributed by atoms with E-state index in [4.69, 9.17) is 5.73 Å². The summed E-state index contributed by atoms with van der Waals surface area (Å²) >= 11 is 0. The maximum atomic E-state index is 6.21. The summed E-state index contributed by atoms with van der Waals surface area (Å²) < 4.78 is 0. The maximum Gasteiger partial charge on any atom is 0.0473 e. The Hall–Kier alpha value is -0.160. The highest BCUT2D eigenvalue weighted by Crippen LogP contribution is 2.36. The SMILES string of the molecule is CCN(C(C)CN(C)C)C1(CN)CCN(C2CC2)C1. The number of hydrogen-bond donors (Lipinski definition) is 1. The first-order chi connectivity index (χ1) is 9.02. The van der Waals surface area contributed by atoms with Gasteiger partial charge in [0.2, 0.25) is 0 Å². The minimum absolute atomic E-state index is 0.215. The van der Waals surface area contributed by atoms with Crippen molar-refractivity contribution in [2.45, 2.75) is 50.7 Å². The number of nitrogens with two attached hydrogens (primary N) is 1. The van der Waals surface area contributed by atoms with Gasteiger partial charge in [-0.25, -0.2) is 0 Å². The predicted molar refractivity (Wildman–Crippen MR) is 81.4 cm³/mol. The molecule has 4 nitrogen and oxygen atoms in total. The molecule has 0 amide bonds. The van der Waals surface area contributed by atoms with Crippen LogP contribution in [0, 0.1) is 0 Å². The van der Waals surface area contributed by atoms with Gasteiger partial charge in [0.05, 0.1) is 0 Å². The quantitative estimate of drug-likeness (QED) is 0.742. The van der Waals surface area contributed by atoms with E-state index in [-0.39, 0.29) is 5.54 Å². The summed E-state index contributed by atoms with van der Waals surface area (Å²) in [6, 6.07) is 1.44. The van der Waals surface area contributed by atoms with Crippen molar-refractivity contribution in [2.75, 3.05) is 46.8 Å². The first-order valence-corrected chi connectivity index (χ1v) is 7.88. The van der Waals surface area contributed by atoms with Gasteiger partial charge in [0, 0.05) is 43.8 Å². The standard InChI is InChI=1S/C15H32N4/c1-5-19(13(2)10-17(3)4)15(11-16)8-9-18(12-15)14-6-7-14/h13-14H,5-12,16H2,1-4H3. The van der Waals surface area contributed by atoms with Crippen LogP contribution in [0.5, 0.6) is 0 Å². The Morgan fingerprint density at radius 1 is 1.37 bits per heavy atom. The molecule has 0 aromatic heterocycles. The number of nitrogens with zero attached hydrogens (tertiary/aromatic N) is 3. The molecule has 2 fully saturated rings. The van der Waals surface area contributed by atoms with E-state index < -0.39 is 0 Å². The topological polar surface area (TPSA) is 35.7 Å². The summed E-state index contributed by atoms with van der Waals surface area (Å²) in [5.41, 5.74) is 6.43. The van der Waals surface area contributed by atoms with Crippen LogP contribution in [0.25, 0.3) is 0 Å². The fourth-order valence-electron chi connectivity index (χ4n) is 3.90. The summed E-state index contributed by atoms with van der Waals surface area (Å²) in [7, 11) is 4.31. The van der Waals surface area contributed by atoms with Crippen LogP contribution in [0.4, 0.5) is 0 Å². The average Bonchev–Trinajstić information content (AvgIpc) is 3.11. The van der Waals surface area contributed by atoms with Gasteiger partial charge in [0.15, 0.2) is 0 Å². The molecule has 0 aromatic carbocycles. The Bertz CT molecular complexity index is 290. The maximum absolute atomic E-state index is 6.21. The van der Waals surface area contributed by atoms with E-state index in [2.05, 4.69) is 42.6 Å². The van der Waals surface area contributed by atoms with Gasteiger partial charge in [-0.3, -0.25) is 9.80 Å². The zero-order valence-corrected chi connectivity index (χ0v) is 13.2. The first kappa shape index (κ1) is 15.2. The lowest BCUT2D eigenvalue weighted by molar-refractivity contribution is 0.0530. The third kappa shape index (κ3) is 3.30. The highest BCUT2D eigenvalue weighted by molar-refractivity contribution is 5.04. The molecule has 0 radical (unpaired) electrons. The third-order valence-corrected chi connectivity index (χ3v) is 4.92. The zero-order chi connectivity index (χ0) is 14.0. The molecule has 0 bridgehead atoms. The van der Waals surface area contributed by atoms with Crippen LogP contribution in [-0.4, -0.2) is 79.1 Å². The molecule has 1 heterocycles. The van der Waals surface area contributed by atoms with Crippen LogP contribution in [0.1, 0.15) is 33.1 Å². The van der Waals surface area contributed by atoms with Crippen molar-refractivity contribution in [1.82, 2.24) is 14.7 Å². The molecule has 2 unspecified atom stereocenters. The van der Waals surface area contributed by atoms with E-state index in [0.29, 0.717) is 6.04 Å². The van der Waals surface area contributed by atoms with Gasteiger partial charge < -0.3 is 10.6 Å². The molecule has 1 saturated heterocycles. The van der Waals surface area contributed by atoms with Crippen LogP contribution in [0.15, 0.2) is 0 Å². The number of likely N-dealkylation sites (tertiary alicyclic amines) is 1. The summed E-state index contributed by atoms with van der Waals surface area (Å²) in [5, 5.41) is 0. The van der Waals surface area contributed by atoms with Crippen molar-refractivity contribution in [3.63, 3.8) is 0 Å². The van der Waals surface area contributed by atoms with Crippen LogP contribution >= 0.6 is 0 Å². The van der Waals surface area contributed by atoms with Gasteiger partial charge in [0.25, 0.3) is 0 Å². The number of rotatable bonds is 7. The summed E-state index contributed by atoms with van der Waals surface area (Å²) in [6.07, 6.45) is 4.05. The molecule has 2 N–H and O–H groups in total. The zero-order valence-electron chi connectivity index (χ0n) is 13.2. The van der Waals surface area contributed by atoms with Gasteiger partial charge in [-0.05, 0) is 46.8 Å². The molecule has 1 aliphatic heterocycles. The van der Waals surface area contributed by atoms with Crippen LogP contribution < -0.4 is 5.73 Å². The monoisotopic (exact) mass is 268 g/mol. The van der Waals surface area contributed by atoms with E-state index in [1.807, 2.05) is 0 Å². The van der Waals surface area contributed by atoms with Crippen molar-refractivity contribution in [1.29, 1.82) is 0 Å². The second kappa shape index (κ2) is 6.08. The minimum atomic E-state index is 0.215. The van der Waals surface area contributed by atoms with Crippen LogP contribution in [0.2, 0.25) is 0 Å². The third-order valence-electron chi connectivity index (χ3n) is 4.92. The van der Waals surface area contributed by atoms with Crippen LogP contribution in [0.3, 0.4) is 0 Å². The van der Waals surface area contributed by atoms with E-state index in [9.17, 15) is 0 Å². The molecule has 2 atom stereocenters. The molecule has 1 aliphatic carbocycles. The normalized spacial score (nSPS) is 30.5. The van der Waals surface area contributed by atoms with Crippen molar-refractivity contribution in [3.8, 4) is 0 Å². The molecular weight excluding hydrogens is 236 g/mol. The Balaban J connectivity index is 2.04. The van der Waals surface area contributed by atoms with E-state index in [0.717, 1.165) is 25.7 Å². The first-order valence-electron chi connectivity index (χ1n) is 7.88. The number of likely N-dealkylation sites (N-methyl/N-ethyl adjacent to an activating group) is 2. The lowest BCUT2D eigenvalue weighted by Crippen LogP contribution is -2.60. The fourth-order valence-corrected chi connectivity index (χ4v) is 3.90. The Morgan fingerprint density at radius 3 is 2.53 bits per heavy atom. The van der Waals surface area contributed by atoms with Crippen LogP contribution in [-0.2, 0) is 0 Å². The Morgan fingerprint density at radius 2 is 2.05 bits per heavy atom. The van der Waals surface area contributed by atoms with Gasteiger partial charge in [-0.15, -0.1) is 0 Å².